The third-order valence-corrected chi connectivity index (χ3v) is 6.78. The summed E-state index contributed by atoms with van der Waals surface area (Å²) in [4.78, 5) is 40.3. The smallest absolute Gasteiger partial charge is 0.258 e. The fraction of sp³-hybridized carbons (Fsp3) is 0.464. The predicted octanol–water partition coefficient (Wildman–Crippen LogP) is 2.53. The number of ether oxygens (including phenoxy) is 3. The van der Waals surface area contributed by atoms with E-state index in [2.05, 4.69) is 10.6 Å². The summed E-state index contributed by atoms with van der Waals surface area (Å²) >= 11 is 0. The summed E-state index contributed by atoms with van der Waals surface area (Å²) in [6.45, 7) is 5.18. The van der Waals surface area contributed by atoms with Gasteiger partial charge in [0, 0.05) is 30.6 Å². The summed E-state index contributed by atoms with van der Waals surface area (Å²) in [5.41, 5.74) is 1.26. The molecule has 9 heteroatoms. The van der Waals surface area contributed by atoms with Gasteiger partial charge in [-0.2, -0.15) is 0 Å². The Morgan fingerprint density at radius 3 is 2.59 bits per heavy atom. The minimum Gasteiger partial charge on any atom is -0.493 e. The molecule has 0 aromatic heterocycles. The maximum absolute atomic E-state index is 13.4. The molecule has 3 amide bonds. The second-order valence-electron chi connectivity index (χ2n) is 10.3. The van der Waals surface area contributed by atoms with Gasteiger partial charge in [0.15, 0.2) is 6.61 Å². The Hall–Kier alpha value is -3.75. The van der Waals surface area contributed by atoms with Crippen molar-refractivity contribution in [3.8, 4) is 17.2 Å². The number of benzene rings is 2. The molecule has 0 spiro atoms. The van der Waals surface area contributed by atoms with Crippen molar-refractivity contribution in [3.63, 3.8) is 0 Å². The van der Waals surface area contributed by atoms with Crippen molar-refractivity contribution in [3.05, 3.63) is 53.6 Å². The van der Waals surface area contributed by atoms with Crippen LogP contribution < -0.4 is 24.8 Å². The van der Waals surface area contributed by atoms with Gasteiger partial charge in [-0.1, -0.05) is 26.0 Å². The first-order valence-corrected chi connectivity index (χ1v) is 12.9. The number of carbonyl (C=O) groups excluding carboxylic acids is 3. The number of hydrogen-bond acceptors (Lipinski definition) is 6. The molecule has 0 unspecified atom stereocenters. The standard InChI is InChI=1S/C28H33N3O6/c1-17(2)28(34)31-13-24-25(14-31)37-21-7-5-18(6-8-21)12-29-26(32)16-36-23-10-20(27(33)30-24)9-22(11-23)35-15-19-3-4-19/h5-11,17,19,24-25H,3-4,12-16H2,1-2H3,(H,29,32)(H,30,33)/t24-,25-/m0/s1. The third kappa shape index (κ3) is 6.34. The van der Waals surface area contributed by atoms with Gasteiger partial charge in [0.1, 0.15) is 23.4 Å². The van der Waals surface area contributed by atoms with E-state index >= 15 is 0 Å². The lowest BCUT2D eigenvalue weighted by molar-refractivity contribution is -0.133. The van der Waals surface area contributed by atoms with Crippen LogP contribution in [0.25, 0.3) is 0 Å². The van der Waals surface area contributed by atoms with E-state index in [0.717, 1.165) is 18.4 Å². The number of amides is 3. The molecule has 196 valence electrons. The fourth-order valence-electron chi connectivity index (χ4n) is 4.46. The molecule has 9 nitrogen and oxygen atoms in total. The highest BCUT2D eigenvalue weighted by Gasteiger charge is 2.38. The normalized spacial score (nSPS) is 21.9. The van der Waals surface area contributed by atoms with E-state index in [0.29, 0.717) is 55.0 Å². The van der Waals surface area contributed by atoms with Crippen LogP contribution in [-0.2, 0) is 16.1 Å². The Morgan fingerprint density at radius 1 is 1.08 bits per heavy atom. The minimum absolute atomic E-state index is 0.0183. The highest BCUT2D eigenvalue weighted by molar-refractivity contribution is 5.95. The van der Waals surface area contributed by atoms with Gasteiger partial charge in [-0.25, -0.2) is 0 Å². The molecule has 37 heavy (non-hydrogen) atoms. The van der Waals surface area contributed by atoms with Gasteiger partial charge in [-0.05, 0) is 48.6 Å². The van der Waals surface area contributed by atoms with E-state index in [-0.39, 0.29) is 30.2 Å². The molecular weight excluding hydrogens is 474 g/mol. The van der Waals surface area contributed by atoms with Crippen molar-refractivity contribution >= 4 is 17.7 Å². The molecule has 3 aliphatic heterocycles. The highest BCUT2D eigenvalue weighted by Crippen LogP contribution is 2.31. The molecule has 1 saturated carbocycles. The van der Waals surface area contributed by atoms with Gasteiger partial charge in [0.05, 0.1) is 19.2 Å². The van der Waals surface area contributed by atoms with Crippen LogP contribution in [0.3, 0.4) is 0 Å². The Balaban J connectivity index is 1.43. The highest BCUT2D eigenvalue weighted by atomic mass is 16.5. The molecule has 4 bridgehead atoms. The van der Waals surface area contributed by atoms with E-state index in [1.807, 2.05) is 38.1 Å². The van der Waals surface area contributed by atoms with Gasteiger partial charge >= 0.3 is 0 Å². The third-order valence-electron chi connectivity index (χ3n) is 6.78. The summed E-state index contributed by atoms with van der Waals surface area (Å²) in [6, 6.07) is 12.0. The van der Waals surface area contributed by atoms with E-state index < -0.39 is 12.1 Å². The molecule has 2 N–H and O–H groups in total. The van der Waals surface area contributed by atoms with E-state index in [1.165, 1.54) is 0 Å². The van der Waals surface area contributed by atoms with Crippen molar-refractivity contribution in [1.82, 2.24) is 15.5 Å². The molecule has 6 rings (SSSR count). The van der Waals surface area contributed by atoms with Crippen molar-refractivity contribution in [2.24, 2.45) is 11.8 Å². The number of fused-ring (bicyclic) bond motifs is 7. The van der Waals surface area contributed by atoms with Gasteiger partial charge in [0.2, 0.25) is 5.91 Å². The Morgan fingerprint density at radius 2 is 1.86 bits per heavy atom. The van der Waals surface area contributed by atoms with Crippen LogP contribution >= 0.6 is 0 Å². The Labute approximate surface area is 216 Å². The monoisotopic (exact) mass is 507 g/mol. The lowest BCUT2D eigenvalue weighted by Gasteiger charge is -2.21. The van der Waals surface area contributed by atoms with Crippen molar-refractivity contribution in [1.29, 1.82) is 0 Å². The zero-order valence-electron chi connectivity index (χ0n) is 21.2. The predicted molar refractivity (Wildman–Crippen MR) is 136 cm³/mol. The van der Waals surface area contributed by atoms with Gasteiger partial charge in [-0.3, -0.25) is 14.4 Å². The van der Waals surface area contributed by atoms with Gasteiger partial charge in [-0.15, -0.1) is 0 Å². The second-order valence-corrected chi connectivity index (χ2v) is 10.3. The Kier molecular flexibility index (Phi) is 7.21. The van der Waals surface area contributed by atoms with Crippen molar-refractivity contribution in [2.75, 3.05) is 26.3 Å². The largest absolute Gasteiger partial charge is 0.493 e. The molecule has 2 aromatic rings. The molecule has 0 radical (unpaired) electrons. The topological polar surface area (TPSA) is 106 Å². The molecule has 2 aromatic carbocycles. The zero-order valence-corrected chi connectivity index (χ0v) is 21.2. The van der Waals surface area contributed by atoms with E-state index in [9.17, 15) is 14.4 Å². The quantitative estimate of drug-likeness (QED) is 0.659. The van der Waals surface area contributed by atoms with Crippen molar-refractivity contribution < 1.29 is 28.6 Å². The number of nitrogens with zero attached hydrogens (tertiary/aromatic N) is 1. The number of hydrogen-bond donors (Lipinski definition) is 2. The first-order chi connectivity index (χ1) is 17.8. The van der Waals surface area contributed by atoms with Crippen LogP contribution in [0, 0.1) is 11.8 Å². The number of rotatable bonds is 4. The second kappa shape index (κ2) is 10.7. The molecule has 2 fully saturated rings. The first kappa shape index (κ1) is 24.9. The molecule has 1 saturated heterocycles. The summed E-state index contributed by atoms with van der Waals surface area (Å²) in [6.07, 6.45) is 1.86. The molecular formula is C28H33N3O6. The molecule has 1 aliphatic carbocycles. The van der Waals surface area contributed by atoms with Crippen molar-refractivity contribution in [2.45, 2.75) is 45.4 Å². The maximum atomic E-state index is 13.4. The van der Waals surface area contributed by atoms with Crippen LogP contribution in [0.15, 0.2) is 42.5 Å². The fourth-order valence-corrected chi connectivity index (χ4v) is 4.46. The van der Waals surface area contributed by atoms with Crippen LogP contribution in [0.5, 0.6) is 17.2 Å². The lowest BCUT2D eigenvalue weighted by Crippen LogP contribution is -2.45. The van der Waals surface area contributed by atoms with Crippen LogP contribution in [0.1, 0.15) is 42.6 Å². The molecule has 2 atom stereocenters. The van der Waals surface area contributed by atoms with E-state index in [4.69, 9.17) is 14.2 Å². The van der Waals surface area contributed by atoms with Gasteiger partial charge < -0.3 is 29.7 Å². The summed E-state index contributed by atoms with van der Waals surface area (Å²) < 4.78 is 17.9. The lowest BCUT2D eigenvalue weighted by atomic mass is 10.1. The maximum Gasteiger partial charge on any atom is 0.258 e. The zero-order chi connectivity index (χ0) is 25.9. The minimum atomic E-state index is -0.419. The summed E-state index contributed by atoms with van der Waals surface area (Å²) in [5, 5.41) is 5.90. The van der Waals surface area contributed by atoms with Crippen LogP contribution in [-0.4, -0.2) is 61.1 Å². The number of likely N-dealkylation sites (tertiary alicyclic amines) is 1. The number of nitrogens with one attached hydrogen (secondary N) is 2. The average molecular weight is 508 g/mol. The van der Waals surface area contributed by atoms with Crippen LogP contribution in [0.4, 0.5) is 0 Å². The van der Waals surface area contributed by atoms with E-state index in [1.54, 1.807) is 23.1 Å². The SMILES string of the molecule is CC(C)C(=O)N1C[C@@H]2NC(=O)c3cc(cc(OCC4CC4)c3)OCC(=O)NCc3ccc(cc3)O[C@H]2C1. The van der Waals surface area contributed by atoms with Crippen LogP contribution in [0.2, 0.25) is 0 Å². The summed E-state index contributed by atoms with van der Waals surface area (Å²) in [5.74, 6) is 1.31. The molecule has 4 aliphatic rings. The molecule has 3 heterocycles. The number of carbonyl (C=O) groups is 3. The average Bonchev–Trinajstić information content (AvgIpc) is 3.65. The summed E-state index contributed by atoms with van der Waals surface area (Å²) in [7, 11) is 0. The first-order valence-electron chi connectivity index (χ1n) is 12.9. The Bertz CT molecular complexity index is 1160. The van der Waals surface area contributed by atoms with Gasteiger partial charge in [0.25, 0.3) is 11.8 Å².